The van der Waals surface area contributed by atoms with Crippen LogP contribution in [0.15, 0.2) is 0 Å². The van der Waals surface area contributed by atoms with Gasteiger partial charge in [-0.1, -0.05) is 0 Å². The van der Waals surface area contributed by atoms with Crippen LogP contribution in [0.4, 0.5) is 0 Å². The fourth-order valence-corrected chi connectivity index (χ4v) is 1.25. The highest BCUT2D eigenvalue weighted by Gasteiger charge is 2.56. The minimum absolute atomic E-state index is 1.73. The first-order chi connectivity index (χ1) is 6.05. The Morgan fingerprint density at radius 1 is 1.29 bits per heavy atom. The molecule has 0 radical (unpaired) electrons. The number of carbonyl (C=O) groups excluding carboxylic acids is 2. The van der Waals surface area contributed by atoms with Crippen LogP contribution in [0.3, 0.4) is 0 Å². The molecule has 82 valence electrons. The van der Waals surface area contributed by atoms with E-state index >= 15 is 0 Å². The Balaban J connectivity index is 5.57. The normalized spacial score (nSPS) is 18.2. The standard InChI is InChI=1S/C4H8N2O7S/c5-2(8)1(7)4(10,3(6)9)14(11,12)13/h1,7,10H,(H2,5,8)(H2,6,9)(H,11,12,13)/t1-,4-/m0/s1. The van der Waals surface area contributed by atoms with Crippen LogP contribution in [0, 0.1) is 0 Å². The number of rotatable bonds is 4. The van der Waals surface area contributed by atoms with Crippen molar-refractivity contribution in [2.45, 2.75) is 11.0 Å². The van der Waals surface area contributed by atoms with Gasteiger partial charge in [0.2, 0.25) is 0 Å². The third kappa shape index (κ3) is 1.82. The number of carbonyl (C=O) groups is 2. The van der Waals surface area contributed by atoms with E-state index in [9.17, 15) is 18.0 Å². The third-order valence-electron chi connectivity index (χ3n) is 1.39. The molecule has 9 nitrogen and oxygen atoms in total. The van der Waals surface area contributed by atoms with E-state index in [0.29, 0.717) is 0 Å². The highest BCUT2D eigenvalue weighted by molar-refractivity contribution is 7.88. The minimum Gasteiger partial charge on any atom is -0.379 e. The topological polar surface area (TPSA) is 181 Å². The summed E-state index contributed by atoms with van der Waals surface area (Å²) in [7, 11) is -5.48. The van der Waals surface area contributed by atoms with Gasteiger partial charge >= 0.3 is 15.1 Å². The highest BCUT2D eigenvalue weighted by atomic mass is 32.2. The summed E-state index contributed by atoms with van der Waals surface area (Å²) in [5.74, 6) is -3.75. The monoisotopic (exact) mass is 228 g/mol. The second-order valence-electron chi connectivity index (χ2n) is 2.34. The van der Waals surface area contributed by atoms with E-state index in [-0.39, 0.29) is 0 Å². The van der Waals surface area contributed by atoms with Crippen LogP contribution in [0.5, 0.6) is 0 Å². The number of hydrogen-bond donors (Lipinski definition) is 5. The van der Waals surface area contributed by atoms with Gasteiger partial charge < -0.3 is 21.7 Å². The molecule has 0 aromatic heterocycles. The lowest BCUT2D eigenvalue weighted by molar-refractivity contribution is -0.147. The van der Waals surface area contributed by atoms with E-state index in [1.165, 1.54) is 0 Å². The molecule has 0 aromatic carbocycles. The molecule has 0 saturated carbocycles. The van der Waals surface area contributed by atoms with Gasteiger partial charge in [-0.2, -0.15) is 8.42 Å². The predicted molar refractivity (Wildman–Crippen MR) is 40.9 cm³/mol. The summed E-state index contributed by atoms with van der Waals surface area (Å²) in [6.45, 7) is 0. The highest BCUT2D eigenvalue weighted by Crippen LogP contribution is 2.17. The van der Waals surface area contributed by atoms with E-state index < -0.39 is 33.0 Å². The molecule has 7 N–H and O–H groups in total. The quantitative estimate of drug-likeness (QED) is 0.303. The molecule has 0 aliphatic rings. The lowest BCUT2D eigenvalue weighted by Crippen LogP contribution is -2.62. The number of primary amides is 2. The Kier molecular flexibility index (Phi) is 3.19. The molecule has 14 heavy (non-hydrogen) atoms. The molecule has 0 fully saturated rings. The van der Waals surface area contributed by atoms with Gasteiger partial charge in [0.1, 0.15) is 0 Å². The Morgan fingerprint density at radius 3 is 1.71 bits per heavy atom. The molecule has 0 bridgehead atoms. The summed E-state index contributed by atoms with van der Waals surface area (Å²) in [4.78, 5) is 17.0. The fraction of sp³-hybridized carbons (Fsp3) is 0.500. The summed E-state index contributed by atoms with van der Waals surface area (Å²) in [5.41, 5.74) is 8.82. The molecule has 0 spiro atoms. The molecule has 0 heterocycles. The van der Waals surface area contributed by atoms with Gasteiger partial charge in [-0.3, -0.25) is 14.1 Å². The van der Waals surface area contributed by atoms with Crippen LogP contribution in [0.25, 0.3) is 0 Å². The summed E-state index contributed by atoms with van der Waals surface area (Å²) < 4.78 is 29.3. The predicted octanol–water partition coefficient (Wildman–Crippen LogP) is -4.11. The number of nitrogens with two attached hydrogens (primary N) is 2. The largest absolute Gasteiger partial charge is 0.379 e. The van der Waals surface area contributed by atoms with Gasteiger partial charge in [0.15, 0.2) is 6.10 Å². The molecule has 0 aliphatic heterocycles. The number of hydrogen-bond acceptors (Lipinski definition) is 6. The van der Waals surface area contributed by atoms with Crippen LogP contribution in [0.2, 0.25) is 0 Å². The van der Waals surface area contributed by atoms with E-state index in [1.54, 1.807) is 0 Å². The molecule has 2 atom stereocenters. The maximum Gasteiger partial charge on any atom is 0.307 e. The van der Waals surface area contributed by atoms with Crippen LogP contribution >= 0.6 is 0 Å². The van der Waals surface area contributed by atoms with Crippen molar-refractivity contribution in [3.8, 4) is 0 Å². The van der Waals surface area contributed by atoms with E-state index in [4.69, 9.17) is 14.8 Å². The van der Waals surface area contributed by atoms with Crippen molar-refractivity contribution in [2.75, 3.05) is 0 Å². The van der Waals surface area contributed by atoms with Crippen molar-refractivity contribution in [1.82, 2.24) is 0 Å². The Labute approximate surface area is 78.1 Å². The Bertz CT molecular complexity index is 362. The molecule has 0 aromatic rings. The van der Waals surface area contributed by atoms with Crippen LogP contribution in [-0.2, 0) is 19.7 Å². The Hall–Kier alpha value is -1.23. The summed E-state index contributed by atoms with van der Waals surface area (Å²) in [5, 5.41) is 17.8. The number of aliphatic hydroxyl groups excluding tert-OH is 1. The van der Waals surface area contributed by atoms with Gasteiger partial charge in [-0.25, -0.2) is 0 Å². The van der Waals surface area contributed by atoms with Crippen LogP contribution in [0.1, 0.15) is 0 Å². The molecule has 10 heteroatoms. The van der Waals surface area contributed by atoms with Crippen molar-refractivity contribution < 1.29 is 32.8 Å². The first-order valence-corrected chi connectivity index (χ1v) is 4.45. The number of amides is 2. The zero-order valence-electron chi connectivity index (χ0n) is 6.61. The fourth-order valence-electron chi connectivity index (χ4n) is 0.596. The molecule has 0 aliphatic carbocycles. The lowest BCUT2D eigenvalue weighted by atomic mass is 10.2. The van der Waals surface area contributed by atoms with Crippen molar-refractivity contribution in [1.29, 1.82) is 0 Å². The first kappa shape index (κ1) is 12.8. The average Bonchev–Trinajstić information content (AvgIpc) is 1.98. The third-order valence-corrected chi connectivity index (χ3v) is 2.60. The Morgan fingerprint density at radius 2 is 1.64 bits per heavy atom. The van der Waals surface area contributed by atoms with Gasteiger partial charge in [0.05, 0.1) is 0 Å². The van der Waals surface area contributed by atoms with E-state index in [1.807, 2.05) is 0 Å². The maximum absolute atomic E-state index is 10.5. The van der Waals surface area contributed by atoms with E-state index in [2.05, 4.69) is 11.5 Å². The van der Waals surface area contributed by atoms with Gasteiger partial charge in [0, 0.05) is 0 Å². The zero-order chi connectivity index (χ0) is 11.7. The van der Waals surface area contributed by atoms with Crippen molar-refractivity contribution >= 4 is 21.9 Å². The summed E-state index contributed by atoms with van der Waals surface area (Å²) in [6.07, 6.45) is -2.85. The summed E-state index contributed by atoms with van der Waals surface area (Å²) >= 11 is 0. The average molecular weight is 228 g/mol. The molecule has 0 rings (SSSR count). The smallest absolute Gasteiger partial charge is 0.307 e. The second kappa shape index (κ2) is 3.49. The SMILES string of the molecule is NC(=O)[C@H](O)[C@@](O)(C(N)=O)S(=O)(=O)O. The maximum atomic E-state index is 10.5. The van der Waals surface area contributed by atoms with Crippen LogP contribution in [-0.4, -0.2) is 46.0 Å². The lowest BCUT2D eigenvalue weighted by Gasteiger charge is -2.23. The second-order valence-corrected chi connectivity index (χ2v) is 3.91. The molecule has 2 amide bonds. The molecular weight excluding hydrogens is 220 g/mol. The minimum atomic E-state index is -5.48. The van der Waals surface area contributed by atoms with Gasteiger partial charge in [-0.05, 0) is 0 Å². The van der Waals surface area contributed by atoms with Crippen molar-refractivity contribution in [2.24, 2.45) is 11.5 Å². The summed E-state index contributed by atoms with van der Waals surface area (Å²) in [6, 6.07) is 0. The first-order valence-electron chi connectivity index (χ1n) is 3.01. The molecule has 0 unspecified atom stereocenters. The molecular formula is C4H8N2O7S. The van der Waals surface area contributed by atoms with Gasteiger partial charge in [0.25, 0.3) is 11.8 Å². The van der Waals surface area contributed by atoms with E-state index in [0.717, 1.165) is 0 Å². The van der Waals surface area contributed by atoms with Crippen LogP contribution < -0.4 is 11.5 Å². The molecule has 0 saturated heterocycles. The zero-order valence-corrected chi connectivity index (χ0v) is 7.43. The van der Waals surface area contributed by atoms with Crippen molar-refractivity contribution in [3.05, 3.63) is 0 Å². The number of aliphatic hydroxyl groups is 2. The van der Waals surface area contributed by atoms with Crippen molar-refractivity contribution in [3.63, 3.8) is 0 Å². The van der Waals surface area contributed by atoms with Gasteiger partial charge in [-0.15, -0.1) is 0 Å².